The lowest BCUT2D eigenvalue weighted by Gasteiger charge is -2.05. The van der Waals surface area contributed by atoms with Crippen molar-refractivity contribution in [1.29, 1.82) is 0 Å². The number of fused-ring (bicyclic) bond motifs is 1. The number of thiazole rings is 1. The number of carbonyl (C=O) groups is 1. The van der Waals surface area contributed by atoms with Crippen molar-refractivity contribution >= 4 is 34.3 Å². The summed E-state index contributed by atoms with van der Waals surface area (Å²) in [6, 6.07) is 9.32. The number of anilines is 1. The number of nitrogens with one attached hydrogen (secondary N) is 1. The maximum absolute atomic E-state index is 12.5. The van der Waals surface area contributed by atoms with Crippen molar-refractivity contribution in [3.8, 4) is 21.4 Å². The number of aromatic nitrogens is 1. The fraction of sp³-hybridized carbons (Fsp3) is 0.125. The van der Waals surface area contributed by atoms with E-state index in [-0.39, 0.29) is 12.7 Å². The predicted molar refractivity (Wildman–Crippen MR) is 90.7 cm³/mol. The molecule has 0 saturated carbocycles. The minimum absolute atomic E-state index is 0.165. The Bertz CT molecular complexity index is 872. The number of aryl methyl sites for hydroxylation is 1. The molecule has 0 atom stereocenters. The van der Waals surface area contributed by atoms with Crippen LogP contribution in [0.4, 0.5) is 5.69 Å². The van der Waals surface area contributed by atoms with E-state index in [2.05, 4.69) is 10.3 Å². The van der Waals surface area contributed by atoms with Crippen molar-refractivity contribution < 1.29 is 14.3 Å². The summed E-state index contributed by atoms with van der Waals surface area (Å²) in [6.45, 7) is 2.06. The van der Waals surface area contributed by atoms with Crippen LogP contribution in [0.1, 0.15) is 15.4 Å². The molecule has 0 unspecified atom stereocenters. The molecule has 5 nitrogen and oxygen atoms in total. The van der Waals surface area contributed by atoms with E-state index < -0.39 is 0 Å². The molecular weight excluding hydrogens is 332 g/mol. The molecule has 1 aromatic carbocycles. The number of rotatable bonds is 3. The zero-order chi connectivity index (χ0) is 15.8. The first-order valence-corrected chi connectivity index (χ1v) is 8.62. The van der Waals surface area contributed by atoms with Crippen LogP contribution in [0.2, 0.25) is 0 Å². The van der Waals surface area contributed by atoms with Crippen molar-refractivity contribution in [3.05, 3.63) is 46.3 Å². The molecule has 116 valence electrons. The SMILES string of the molecule is Cc1nc(-c2cccs2)sc1C(=O)Nc1ccc2c(c1)OCO2. The monoisotopic (exact) mass is 344 g/mol. The quantitative estimate of drug-likeness (QED) is 0.775. The summed E-state index contributed by atoms with van der Waals surface area (Å²) in [6.07, 6.45) is 0. The van der Waals surface area contributed by atoms with Gasteiger partial charge < -0.3 is 14.8 Å². The number of thiophene rings is 1. The first kappa shape index (κ1) is 14.2. The van der Waals surface area contributed by atoms with Gasteiger partial charge in [-0.3, -0.25) is 4.79 Å². The molecule has 1 amide bonds. The van der Waals surface area contributed by atoms with Gasteiger partial charge in [-0.2, -0.15) is 0 Å². The van der Waals surface area contributed by atoms with Gasteiger partial charge in [-0.15, -0.1) is 22.7 Å². The lowest BCUT2D eigenvalue weighted by molar-refractivity contribution is 0.103. The first-order valence-electron chi connectivity index (χ1n) is 6.93. The Balaban J connectivity index is 1.57. The molecule has 23 heavy (non-hydrogen) atoms. The summed E-state index contributed by atoms with van der Waals surface area (Å²) in [5.41, 5.74) is 1.40. The highest BCUT2D eigenvalue weighted by atomic mass is 32.1. The summed E-state index contributed by atoms with van der Waals surface area (Å²) in [5.74, 6) is 1.17. The molecule has 0 aliphatic carbocycles. The van der Waals surface area contributed by atoms with Crippen LogP contribution in [-0.2, 0) is 0 Å². The highest BCUT2D eigenvalue weighted by molar-refractivity contribution is 7.22. The zero-order valence-corrected chi connectivity index (χ0v) is 13.8. The van der Waals surface area contributed by atoms with Crippen molar-refractivity contribution in [2.24, 2.45) is 0 Å². The van der Waals surface area contributed by atoms with E-state index >= 15 is 0 Å². The average Bonchev–Trinajstić information content (AvgIpc) is 3.26. The predicted octanol–water partition coefficient (Wildman–Crippen LogP) is 4.16. The molecule has 4 rings (SSSR count). The molecule has 0 saturated heterocycles. The molecule has 1 aliphatic heterocycles. The number of carbonyl (C=O) groups excluding carboxylic acids is 1. The topological polar surface area (TPSA) is 60.5 Å². The third-order valence-electron chi connectivity index (χ3n) is 3.37. The Morgan fingerprint density at radius 1 is 1.26 bits per heavy atom. The van der Waals surface area contributed by atoms with Crippen LogP contribution in [-0.4, -0.2) is 17.7 Å². The van der Waals surface area contributed by atoms with E-state index in [4.69, 9.17) is 9.47 Å². The largest absolute Gasteiger partial charge is 0.454 e. The van der Waals surface area contributed by atoms with Crippen LogP contribution in [0.3, 0.4) is 0 Å². The molecule has 3 heterocycles. The molecule has 0 radical (unpaired) electrons. The Kier molecular flexibility index (Phi) is 3.51. The Morgan fingerprint density at radius 2 is 2.13 bits per heavy atom. The van der Waals surface area contributed by atoms with Gasteiger partial charge in [0.1, 0.15) is 9.88 Å². The average molecular weight is 344 g/mol. The summed E-state index contributed by atoms with van der Waals surface area (Å²) >= 11 is 3.01. The van der Waals surface area contributed by atoms with E-state index in [0.717, 1.165) is 15.6 Å². The third kappa shape index (κ3) is 2.69. The molecular formula is C16H12N2O3S2. The fourth-order valence-corrected chi connectivity index (χ4v) is 4.03. The van der Waals surface area contributed by atoms with Crippen molar-refractivity contribution in [2.75, 3.05) is 12.1 Å². The van der Waals surface area contributed by atoms with E-state index in [1.165, 1.54) is 11.3 Å². The van der Waals surface area contributed by atoms with Gasteiger partial charge in [-0.1, -0.05) is 6.07 Å². The number of hydrogen-bond acceptors (Lipinski definition) is 6. The van der Waals surface area contributed by atoms with E-state index in [0.29, 0.717) is 22.1 Å². The Labute approximate surface area is 140 Å². The van der Waals surface area contributed by atoms with Gasteiger partial charge in [0.05, 0.1) is 10.6 Å². The van der Waals surface area contributed by atoms with Crippen LogP contribution >= 0.6 is 22.7 Å². The van der Waals surface area contributed by atoms with Crippen molar-refractivity contribution in [2.45, 2.75) is 6.92 Å². The molecule has 0 fully saturated rings. The number of ether oxygens (including phenoxy) is 2. The van der Waals surface area contributed by atoms with Gasteiger partial charge in [0, 0.05) is 11.8 Å². The van der Waals surface area contributed by atoms with Crippen LogP contribution in [0.5, 0.6) is 11.5 Å². The van der Waals surface area contributed by atoms with Gasteiger partial charge in [-0.05, 0) is 30.5 Å². The zero-order valence-electron chi connectivity index (χ0n) is 12.2. The second-order valence-corrected chi connectivity index (χ2v) is 6.88. The Morgan fingerprint density at radius 3 is 2.96 bits per heavy atom. The lowest BCUT2D eigenvalue weighted by atomic mass is 10.2. The normalized spacial score (nSPS) is 12.4. The van der Waals surface area contributed by atoms with Crippen LogP contribution < -0.4 is 14.8 Å². The highest BCUT2D eigenvalue weighted by Gasteiger charge is 2.18. The fourth-order valence-electron chi connectivity index (χ4n) is 2.27. The van der Waals surface area contributed by atoms with Gasteiger partial charge >= 0.3 is 0 Å². The number of benzene rings is 1. The van der Waals surface area contributed by atoms with E-state index in [1.807, 2.05) is 24.4 Å². The van der Waals surface area contributed by atoms with Gasteiger partial charge in [0.25, 0.3) is 5.91 Å². The number of amides is 1. The molecule has 1 N–H and O–H groups in total. The number of hydrogen-bond donors (Lipinski definition) is 1. The second-order valence-electron chi connectivity index (χ2n) is 4.93. The maximum atomic E-state index is 12.5. The van der Waals surface area contributed by atoms with Crippen LogP contribution in [0.25, 0.3) is 9.88 Å². The van der Waals surface area contributed by atoms with Crippen molar-refractivity contribution in [1.82, 2.24) is 4.98 Å². The first-order chi connectivity index (χ1) is 11.2. The van der Waals surface area contributed by atoms with E-state index in [9.17, 15) is 4.79 Å². The highest BCUT2D eigenvalue weighted by Crippen LogP contribution is 2.35. The number of nitrogens with zero attached hydrogens (tertiary/aromatic N) is 1. The summed E-state index contributed by atoms with van der Waals surface area (Å²) in [5, 5.41) is 5.75. The van der Waals surface area contributed by atoms with Crippen LogP contribution in [0.15, 0.2) is 35.7 Å². The molecule has 1 aliphatic rings. The minimum atomic E-state index is -0.165. The minimum Gasteiger partial charge on any atom is -0.454 e. The van der Waals surface area contributed by atoms with Gasteiger partial charge in [0.15, 0.2) is 11.5 Å². The molecule has 2 aromatic heterocycles. The lowest BCUT2D eigenvalue weighted by Crippen LogP contribution is -2.11. The van der Waals surface area contributed by atoms with Crippen molar-refractivity contribution in [3.63, 3.8) is 0 Å². The van der Waals surface area contributed by atoms with E-state index in [1.54, 1.807) is 29.5 Å². The standard InChI is InChI=1S/C16H12N2O3S2/c1-9-14(23-16(17-9)13-3-2-6-22-13)15(19)18-10-4-5-11-12(7-10)21-8-20-11/h2-7H,8H2,1H3,(H,18,19). The molecule has 7 heteroatoms. The van der Waals surface area contributed by atoms with Gasteiger partial charge in [-0.25, -0.2) is 4.98 Å². The second kappa shape index (κ2) is 5.68. The van der Waals surface area contributed by atoms with Crippen LogP contribution in [0, 0.1) is 6.92 Å². The summed E-state index contributed by atoms with van der Waals surface area (Å²) in [4.78, 5) is 18.7. The third-order valence-corrected chi connectivity index (χ3v) is 5.56. The maximum Gasteiger partial charge on any atom is 0.267 e. The summed E-state index contributed by atoms with van der Waals surface area (Å²) < 4.78 is 10.6. The molecule has 0 bridgehead atoms. The molecule has 3 aromatic rings. The molecule has 0 spiro atoms. The Hall–Kier alpha value is -2.38. The summed E-state index contributed by atoms with van der Waals surface area (Å²) in [7, 11) is 0. The smallest absolute Gasteiger partial charge is 0.267 e. The van der Waals surface area contributed by atoms with Gasteiger partial charge in [0.2, 0.25) is 6.79 Å².